The van der Waals surface area contributed by atoms with E-state index in [9.17, 15) is 4.79 Å². The summed E-state index contributed by atoms with van der Waals surface area (Å²) >= 11 is 0. The number of pyridine rings is 1. The minimum atomic E-state index is -0.263. The molecule has 4 heteroatoms. The monoisotopic (exact) mass is 287 g/mol. The first kappa shape index (κ1) is 15.5. The predicted molar refractivity (Wildman–Crippen MR) is 85.5 cm³/mol. The Labute approximate surface area is 126 Å². The van der Waals surface area contributed by atoms with Crippen molar-refractivity contribution in [1.82, 2.24) is 14.7 Å². The lowest BCUT2D eigenvalue weighted by atomic mass is 9.82. The number of hydrogen-bond donors (Lipinski definition) is 1. The number of nitrogens with zero attached hydrogens (tertiary/aromatic N) is 2. The third-order valence-electron chi connectivity index (χ3n) is 3.27. The molecule has 0 aromatic carbocycles. The summed E-state index contributed by atoms with van der Waals surface area (Å²) in [5.74, 6) is -0.120. The summed E-state index contributed by atoms with van der Waals surface area (Å²) in [5.41, 5.74) is 2.29. The first-order valence-electron chi connectivity index (χ1n) is 7.34. The van der Waals surface area contributed by atoms with Crippen LogP contribution in [0, 0.1) is 12.3 Å². The molecule has 0 fully saturated rings. The van der Waals surface area contributed by atoms with Crippen LogP contribution in [-0.2, 0) is 0 Å². The van der Waals surface area contributed by atoms with E-state index < -0.39 is 0 Å². The van der Waals surface area contributed by atoms with Gasteiger partial charge in [0.2, 0.25) is 0 Å². The summed E-state index contributed by atoms with van der Waals surface area (Å²) < 4.78 is 1.87. The zero-order valence-corrected chi connectivity index (χ0v) is 13.8. The van der Waals surface area contributed by atoms with Crippen LogP contribution in [0.2, 0.25) is 0 Å². The first-order valence-corrected chi connectivity index (χ1v) is 7.34. The Kier molecular flexibility index (Phi) is 3.83. The number of hydrogen-bond acceptors (Lipinski definition) is 2. The Bertz CT molecular complexity index is 662. The van der Waals surface area contributed by atoms with Crippen molar-refractivity contribution in [1.29, 1.82) is 0 Å². The molecule has 0 saturated heterocycles. The second-order valence-electron chi connectivity index (χ2n) is 7.67. The van der Waals surface area contributed by atoms with Gasteiger partial charge in [0.25, 0.3) is 5.91 Å². The second kappa shape index (κ2) is 5.17. The van der Waals surface area contributed by atoms with Crippen LogP contribution in [-0.4, -0.2) is 20.8 Å². The maximum Gasteiger partial charge on any atom is 0.271 e. The van der Waals surface area contributed by atoms with Crippen LogP contribution in [0.4, 0.5) is 0 Å². The van der Waals surface area contributed by atoms with E-state index in [0.29, 0.717) is 5.69 Å². The van der Waals surface area contributed by atoms with Crippen molar-refractivity contribution < 1.29 is 4.79 Å². The summed E-state index contributed by atoms with van der Waals surface area (Å²) in [5, 5.41) is 3.09. The number of imidazole rings is 1. The molecule has 2 aromatic heterocycles. The van der Waals surface area contributed by atoms with Crippen molar-refractivity contribution in [2.45, 2.75) is 53.5 Å². The highest BCUT2D eigenvalue weighted by Crippen LogP contribution is 2.27. The Balaban J connectivity index is 2.18. The van der Waals surface area contributed by atoms with Crippen LogP contribution in [0.3, 0.4) is 0 Å². The molecule has 4 nitrogen and oxygen atoms in total. The summed E-state index contributed by atoms with van der Waals surface area (Å²) in [7, 11) is 0. The van der Waals surface area contributed by atoms with E-state index in [0.717, 1.165) is 17.6 Å². The Hall–Kier alpha value is -1.84. The van der Waals surface area contributed by atoms with Crippen LogP contribution in [0.5, 0.6) is 0 Å². The van der Waals surface area contributed by atoms with Crippen LogP contribution in [0.25, 0.3) is 5.65 Å². The molecule has 0 unspecified atom stereocenters. The van der Waals surface area contributed by atoms with Crippen molar-refractivity contribution in [3.8, 4) is 0 Å². The Morgan fingerprint density at radius 2 is 1.95 bits per heavy atom. The van der Waals surface area contributed by atoms with Crippen LogP contribution >= 0.6 is 0 Å². The topological polar surface area (TPSA) is 46.4 Å². The van der Waals surface area contributed by atoms with E-state index in [2.05, 4.69) is 44.9 Å². The lowest BCUT2D eigenvalue weighted by Gasteiger charge is -2.33. The van der Waals surface area contributed by atoms with Crippen LogP contribution < -0.4 is 5.32 Å². The zero-order chi connectivity index (χ0) is 15.8. The van der Waals surface area contributed by atoms with Gasteiger partial charge in [-0.2, -0.15) is 0 Å². The fraction of sp³-hybridized carbons (Fsp3) is 0.529. The van der Waals surface area contributed by atoms with Gasteiger partial charge in [-0.25, -0.2) is 4.98 Å². The molecule has 0 radical (unpaired) electrons. The van der Waals surface area contributed by atoms with Crippen molar-refractivity contribution in [3.63, 3.8) is 0 Å². The third-order valence-corrected chi connectivity index (χ3v) is 3.27. The summed E-state index contributed by atoms with van der Waals surface area (Å²) in [6.07, 6.45) is 4.60. The maximum absolute atomic E-state index is 12.4. The quantitative estimate of drug-likeness (QED) is 0.937. The van der Waals surface area contributed by atoms with E-state index in [1.807, 2.05) is 29.7 Å². The number of carbonyl (C=O) groups is 1. The van der Waals surface area contributed by atoms with Gasteiger partial charge in [0.05, 0.1) is 0 Å². The highest BCUT2D eigenvalue weighted by molar-refractivity contribution is 5.93. The van der Waals surface area contributed by atoms with Gasteiger partial charge in [-0.1, -0.05) is 20.8 Å². The highest BCUT2D eigenvalue weighted by atomic mass is 16.2. The highest BCUT2D eigenvalue weighted by Gasteiger charge is 2.28. The molecular formula is C17H25N3O. The summed E-state index contributed by atoms with van der Waals surface area (Å²) in [6, 6.07) is 3.97. The molecule has 0 aliphatic heterocycles. The lowest BCUT2D eigenvalue weighted by molar-refractivity contribution is 0.0887. The van der Waals surface area contributed by atoms with Gasteiger partial charge in [-0.15, -0.1) is 0 Å². The van der Waals surface area contributed by atoms with E-state index >= 15 is 0 Å². The first-order chi connectivity index (χ1) is 9.56. The smallest absolute Gasteiger partial charge is 0.271 e. The molecule has 1 amide bonds. The van der Waals surface area contributed by atoms with Crippen molar-refractivity contribution in [3.05, 3.63) is 35.8 Å². The molecule has 0 spiro atoms. The number of aryl methyl sites for hydroxylation is 1. The van der Waals surface area contributed by atoms with Gasteiger partial charge in [0.1, 0.15) is 11.3 Å². The van der Waals surface area contributed by atoms with Gasteiger partial charge in [0, 0.05) is 17.9 Å². The number of carbonyl (C=O) groups excluding carboxylic acids is 1. The molecule has 2 heterocycles. The molecule has 0 saturated carbocycles. The average molecular weight is 287 g/mol. The molecular weight excluding hydrogens is 262 g/mol. The lowest BCUT2D eigenvalue weighted by Crippen LogP contribution is -2.45. The molecule has 1 N–H and O–H groups in total. The molecule has 114 valence electrons. The van der Waals surface area contributed by atoms with Crippen LogP contribution in [0.15, 0.2) is 24.5 Å². The average Bonchev–Trinajstić information content (AvgIpc) is 2.67. The van der Waals surface area contributed by atoms with Gasteiger partial charge < -0.3 is 9.72 Å². The molecule has 0 aliphatic rings. The summed E-state index contributed by atoms with van der Waals surface area (Å²) in [6.45, 7) is 12.6. The number of aromatic nitrogens is 2. The Morgan fingerprint density at radius 1 is 1.29 bits per heavy atom. The van der Waals surface area contributed by atoms with Crippen molar-refractivity contribution in [2.75, 3.05) is 0 Å². The largest absolute Gasteiger partial charge is 0.346 e. The van der Waals surface area contributed by atoms with Gasteiger partial charge in [-0.3, -0.25) is 4.79 Å². The molecule has 0 aliphatic carbocycles. The number of amides is 1. The molecule has 0 atom stereocenters. The zero-order valence-electron chi connectivity index (χ0n) is 13.8. The third kappa shape index (κ3) is 4.06. The minimum Gasteiger partial charge on any atom is -0.346 e. The van der Waals surface area contributed by atoms with Gasteiger partial charge >= 0.3 is 0 Å². The SMILES string of the molecule is Cc1ccn2cc(C(=O)NC(C)(C)CC(C)(C)C)nc2c1. The predicted octanol–water partition coefficient (Wildman–Crippen LogP) is 3.59. The molecule has 21 heavy (non-hydrogen) atoms. The minimum absolute atomic E-state index is 0.120. The number of rotatable bonds is 3. The molecule has 0 bridgehead atoms. The van der Waals surface area contributed by atoms with Crippen molar-refractivity contribution in [2.24, 2.45) is 5.41 Å². The number of nitrogens with one attached hydrogen (secondary N) is 1. The fourth-order valence-corrected chi connectivity index (χ4v) is 2.93. The number of fused-ring (bicyclic) bond motifs is 1. The van der Waals surface area contributed by atoms with E-state index in [-0.39, 0.29) is 16.9 Å². The van der Waals surface area contributed by atoms with Crippen molar-refractivity contribution >= 4 is 11.6 Å². The molecule has 2 rings (SSSR count). The van der Waals surface area contributed by atoms with E-state index in [1.54, 1.807) is 6.20 Å². The van der Waals surface area contributed by atoms with Gasteiger partial charge in [-0.05, 0) is 50.3 Å². The van der Waals surface area contributed by atoms with Crippen LogP contribution in [0.1, 0.15) is 57.1 Å². The van der Waals surface area contributed by atoms with E-state index in [1.165, 1.54) is 0 Å². The standard InChI is InChI=1S/C17H25N3O/c1-12-7-8-20-10-13(18-14(20)9-12)15(21)19-17(5,6)11-16(2,3)4/h7-10H,11H2,1-6H3,(H,19,21). The normalized spacial score (nSPS) is 12.7. The second-order valence-corrected chi connectivity index (χ2v) is 7.67. The maximum atomic E-state index is 12.4. The Morgan fingerprint density at radius 3 is 2.57 bits per heavy atom. The fourth-order valence-electron chi connectivity index (χ4n) is 2.93. The van der Waals surface area contributed by atoms with E-state index in [4.69, 9.17) is 0 Å². The molecule has 2 aromatic rings. The van der Waals surface area contributed by atoms with Gasteiger partial charge in [0.15, 0.2) is 0 Å². The summed E-state index contributed by atoms with van der Waals surface area (Å²) in [4.78, 5) is 16.8.